The Labute approximate surface area is 160 Å². The number of ether oxygens (including phenoxy) is 1. The van der Waals surface area contributed by atoms with E-state index in [0.29, 0.717) is 13.0 Å². The minimum Gasteiger partial charge on any atom is -0.494 e. The van der Waals surface area contributed by atoms with Gasteiger partial charge in [-0.3, -0.25) is 4.79 Å². The van der Waals surface area contributed by atoms with Crippen LogP contribution in [-0.4, -0.2) is 17.7 Å². The fourth-order valence-electron chi connectivity index (χ4n) is 3.14. The van der Waals surface area contributed by atoms with Crippen molar-refractivity contribution in [1.29, 1.82) is 0 Å². The number of rotatable bonds is 9. The van der Waals surface area contributed by atoms with Gasteiger partial charge in [-0.1, -0.05) is 72.8 Å². The standard InChI is InChI=1S/C24H24O3/c25-24(26)23(21-13-5-2-6-14-21)18-20-11-7-15-22(17-20)27-16-8-12-19-9-3-1-4-10-19/h1-7,9-11,13-15,17,23H,8,12,16,18H2,(H,25,26). The maximum absolute atomic E-state index is 11.7. The number of benzene rings is 3. The summed E-state index contributed by atoms with van der Waals surface area (Å²) in [7, 11) is 0. The summed E-state index contributed by atoms with van der Waals surface area (Å²) >= 11 is 0. The summed E-state index contributed by atoms with van der Waals surface area (Å²) in [4.78, 5) is 11.7. The van der Waals surface area contributed by atoms with Crippen molar-refractivity contribution in [2.75, 3.05) is 6.61 Å². The van der Waals surface area contributed by atoms with Crippen LogP contribution in [0, 0.1) is 0 Å². The van der Waals surface area contributed by atoms with E-state index in [2.05, 4.69) is 12.1 Å². The summed E-state index contributed by atoms with van der Waals surface area (Å²) in [6.07, 6.45) is 2.37. The maximum atomic E-state index is 11.7. The second-order valence-electron chi connectivity index (χ2n) is 6.59. The van der Waals surface area contributed by atoms with Gasteiger partial charge in [0, 0.05) is 0 Å². The third-order valence-corrected chi connectivity index (χ3v) is 4.56. The number of carboxylic acid groups (broad SMARTS) is 1. The number of carboxylic acids is 1. The van der Waals surface area contributed by atoms with Crippen molar-refractivity contribution >= 4 is 5.97 Å². The molecular weight excluding hydrogens is 336 g/mol. The molecule has 0 saturated heterocycles. The molecule has 27 heavy (non-hydrogen) atoms. The molecule has 0 saturated carbocycles. The van der Waals surface area contributed by atoms with Crippen LogP contribution >= 0.6 is 0 Å². The van der Waals surface area contributed by atoms with Crippen LogP contribution in [0.1, 0.15) is 29.0 Å². The van der Waals surface area contributed by atoms with Crippen LogP contribution in [0.4, 0.5) is 0 Å². The largest absolute Gasteiger partial charge is 0.494 e. The molecule has 3 heteroatoms. The van der Waals surface area contributed by atoms with Gasteiger partial charge in [-0.05, 0) is 48.1 Å². The van der Waals surface area contributed by atoms with Gasteiger partial charge < -0.3 is 9.84 Å². The molecule has 0 fully saturated rings. The van der Waals surface area contributed by atoms with E-state index in [0.717, 1.165) is 29.7 Å². The average molecular weight is 360 g/mol. The SMILES string of the molecule is O=C(O)C(Cc1cccc(OCCCc2ccccc2)c1)c1ccccc1. The zero-order valence-corrected chi connectivity index (χ0v) is 15.3. The second-order valence-corrected chi connectivity index (χ2v) is 6.59. The van der Waals surface area contributed by atoms with Crippen LogP contribution < -0.4 is 4.74 Å². The monoisotopic (exact) mass is 360 g/mol. The minimum atomic E-state index is -0.810. The predicted octanol–water partition coefficient (Wildman–Crippen LogP) is 5.11. The lowest BCUT2D eigenvalue weighted by Gasteiger charge is -2.14. The average Bonchev–Trinajstić information content (AvgIpc) is 2.71. The topological polar surface area (TPSA) is 46.5 Å². The van der Waals surface area contributed by atoms with E-state index in [1.54, 1.807) is 0 Å². The zero-order valence-electron chi connectivity index (χ0n) is 15.3. The van der Waals surface area contributed by atoms with Gasteiger partial charge in [0.05, 0.1) is 12.5 Å². The Morgan fingerprint density at radius 1 is 0.852 bits per heavy atom. The van der Waals surface area contributed by atoms with Crippen molar-refractivity contribution in [3.05, 3.63) is 102 Å². The summed E-state index contributed by atoms with van der Waals surface area (Å²) in [5.74, 6) is -0.576. The molecule has 1 atom stereocenters. The first-order chi connectivity index (χ1) is 13.2. The third kappa shape index (κ3) is 5.71. The molecular formula is C24H24O3. The molecule has 0 radical (unpaired) electrons. The molecule has 0 aromatic heterocycles. The Balaban J connectivity index is 1.57. The second kappa shape index (κ2) is 9.58. The number of aryl methyl sites for hydroxylation is 1. The van der Waals surface area contributed by atoms with Crippen molar-refractivity contribution in [1.82, 2.24) is 0 Å². The highest BCUT2D eigenvalue weighted by molar-refractivity contribution is 5.76. The Morgan fingerprint density at radius 2 is 1.52 bits per heavy atom. The molecule has 1 N–H and O–H groups in total. The fraction of sp³-hybridized carbons (Fsp3) is 0.208. The first-order valence-corrected chi connectivity index (χ1v) is 9.26. The smallest absolute Gasteiger partial charge is 0.311 e. The van der Waals surface area contributed by atoms with Crippen molar-refractivity contribution in [2.45, 2.75) is 25.2 Å². The predicted molar refractivity (Wildman–Crippen MR) is 107 cm³/mol. The van der Waals surface area contributed by atoms with Crippen LogP contribution in [0.15, 0.2) is 84.9 Å². The van der Waals surface area contributed by atoms with Gasteiger partial charge >= 0.3 is 5.97 Å². The van der Waals surface area contributed by atoms with Gasteiger partial charge in [0.1, 0.15) is 5.75 Å². The summed E-state index contributed by atoms with van der Waals surface area (Å²) in [6, 6.07) is 27.5. The van der Waals surface area contributed by atoms with Crippen molar-refractivity contribution in [3.63, 3.8) is 0 Å². The zero-order chi connectivity index (χ0) is 18.9. The summed E-state index contributed by atoms with van der Waals surface area (Å²) < 4.78 is 5.87. The lowest BCUT2D eigenvalue weighted by atomic mass is 9.92. The number of carbonyl (C=O) groups is 1. The van der Waals surface area contributed by atoms with Gasteiger partial charge in [0.25, 0.3) is 0 Å². The van der Waals surface area contributed by atoms with Crippen LogP contribution in [0.25, 0.3) is 0 Å². The molecule has 1 unspecified atom stereocenters. The molecule has 0 aliphatic carbocycles. The fourth-order valence-corrected chi connectivity index (χ4v) is 3.14. The van der Waals surface area contributed by atoms with Gasteiger partial charge in [-0.2, -0.15) is 0 Å². The highest BCUT2D eigenvalue weighted by atomic mass is 16.5. The number of hydrogen-bond donors (Lipinski definition) is 1. The maximum Gasteiger partial charge on any atom is 0.311 e. The first kappa shape index (κ1) is 18.7. The molecule has 3 aromatic carbocycles. The lowest BCUT2D eigenvalue weighted by molar-refractivity contribution is -0.138. The molecule has 0 amide bonds. The van der Waals surface area contributed by atoms with E-state index in [1.165, 1.54) is 5.56 Å². The Morgan fingerprint density at radius 3 is 2.22 bits per heavy atom. The molecule has 0 spiro atoms. The quantitative estimate of drug-likeness (QED) is 0.540. The van der Waals surface area contributed by atoms with E-state index in [4.69, 9.17) is 4.74 Å². The first-order valence-electron chi connectivity index (χ1n) is 9.26. The van der Waals surface area contributed by atoms with Crippen LogP contribution in [0.2, 0.25) is 0 Å². The van der Waals surface area contributed by atoms with Gasteiger partial charge in [-0.15, -0.1) is 0 Å². The summed E-state index contributed by atoms with van der Waals surface area (Å²) in [5, 5.41) is 9.61. The summed E-state index contributed by atoms with van der Waals surface area (Å²) in [6.45, 7) is 0.638. The van der Waals surface area contributed by atoms with E-state index in [-0.39, 0.29) is 0 Å². The Hall–Kier alpha value is -3.07. The van der Waals surface area contributed by atoms with Crippen LogP contribution in [-0.2, 0) is 17.6 Å². The van der Waals surface area contributed by atoms with Crippen molar-refractivity contribution in [2.24, 2.45) is 0 Å². The molecule has 0 heterocycles. The van der Waals surface area contributed by atoms with Crippen LogP contribution in [0.3, 0.4) is 0 Å². The Bertz CT molecular complexity index is 844. The molecule has 3 rings (SSSR count). The molecule has 3 nitrogen and oxygen atoms in total. The van der Waals surface area contributed by atoms with E-state index < -0.39 is 11.9 Å². The third-order valence-electron chi connectivity index (χ3n) is 4.56. The van der Waals surface area contributed by atoms with Gasteiger partial charge in [-0.25, -0.2) is 0 Å². The molecule has 0 aliphatic rings. The highest BCUT2D eigenvalue weighted by Gasteiger charge is 2.20. The lowest BCUT2D eigenvalue weighted by Crippen LogP contribution is -2.14. The number of aliphatic carboxylic acids is 1. The van der Waals surface area contributed by atoms with Crippen molar-refractivity contribution in [3.8, 4) is 5.75 Å². The molecule has 0 bridgehead atoms. The van der Waals surface area contributed by atoms with E-state index in [1.807, 2.05) is 72.8 Å². The van der Waals surface area contributed by atoms with E-state index >= 15 is 0 Å². The van der Waals surface area contributed by atoms with E-state index in [9.17, 15) is 9.90 Å². The summed E-state index contributed by atoms with van der Waals surface area (Å²) in [5.41, 5.74) is 3.09. The van der Waals surface area contributed by atoms with Gasteiger partial charge in [0.2, 0.25) is 0 Å². The van der Waals surface area contributed by atoms with Gasteiger partial charge in [0.15, 0.2) is 0 Å². The number of hydrogen-bond acceptors (Lipinski definition) is 2. The highest BCUT2D eigenvalue weighted by Crippen LogP contribution is 2.23. The molecule has 138 valence electrons. The Kier molecular flexibility index (Phi) is 6.64. The normalized spacial score (nSPS) is 11.7. The van der Waals surface area contributed by atoms with Crippen molar-refractivity contribution < 1.29 is 14.6 Å². The minimum absolute atomic E-state index is 0.445. The van der Waals surface area contributed by atoms with Crippen LogP contribution in [0.5, 0.6) is 5.75 Å². The molecule has 3 aromatic rings. The molecule has 0 aliphatic heterocycles.